The van der Waals surface area contributed by atoms with Crippen LogP contribution in [-0.4, -0.2) is 15.9 Å². The summed E-state index contributed by atoms with van der Waals surface area (Å²) in [5, 5.41) is 3.59. The fourth-order valence-corrected chi connectivity index (χ4v) is 2.36. The number of carbonyl (C=O) groups is 1. The van der Waals surface area contributed by atoms with E-state index in [0.717, 1.165) is 10.9 Å². The maximum absolute atomic E-state index is 12.3. The molecule has 0 fully saturated rings. The highest BCUT2D eigenvalue weighted by atomic mass is 16.4. The number of rotatable bonds is 3. The summed E-state index contributed by atoms with van der Waals surface area (Å²) < 4.78 is 5.18. The van der Waals surface area contributed by atoms with Gasteiger partial charge in [-0.15, -0.1) is 0 Å². The normalized spacial score (nSPS) is 11.0. The van der Waals surface area contributed by atoms with Crippen molar-refractivity contribution in [1.82, 2.24) is 9.97 Å². The third-order valence-corrected chi connectivity index (χ3v) is 3.66. The monoisotopic (exact) mass is 323 g/mol. The van der Waals surface area contributed by atoms with Gasteiger partial charge in [0, 0.05) is 41.5 Å². The minimum Gasteiger partial charge on any atom is -0.423 e. The van der Waals surface area contributed by atoms with Gasteiger partial charge in [0.2, 0.25) is 0 Å². The summed E-state index contributed by atoms with van der Waals surface area (Å²) in [6.45, 7) is 5.81. The van der Waals surface area contributed by atoms with Crippen molar-refractivity contribution in [3.63, 3.8) is 0 Å². The first-order valence-corrected chi connectivity index (χ1v) is 7.62. The molecule has 3 aromatic rings. The largest absolute Gasteiger partial charge is 0.423 e. The number of carbonyl (C=O) groups excluding carboxylic acids is 1. The third kappa shape index (κ3) is 3.17. The zero-order chi connectivity index (χ0) is 17.3. The highest BCUT2D eigenvalue weighted by Crippen LogP contribution is 2.21. The Morgan fingerprint density at radius 3 is 2.54 bits per heavy atom. The lowest BCUT2D eigenvalue weighted by atomic mass is 10.1. The van der Waals surface area contributed by atoms with Gasteiger partial charge in [0.1, 0.15) is 11.4 Å². The molecule has 0 aliphatic rings. The first-order valence-electron chi connectivity index (χ1n) is 7.62. The Balaban J connectivity index is 1.86. The predicted molar refractivity (Wildman–Crippen MR) is 91.3 cm³/mol. The van der Waals surface area contributed by atoms with E-state index in [1.165, 1.54) is 18.5 Å². The van der Waals surface area contributed by atoms with Crippen LogP contribution in [0.25, 0.3) is 11.0 Å². The van der Waals surface area contributed by atoms with Gasteiger partial charge in [-0.1, -0.05) is 13.8 Å². The van der Waals surface area contributed by atoms with E-state index < -0.39 is 5.63 Å². The van der Waals surface area contributed by atoms with Crippen LogP contribution in [0.3, 0.4) is 0 Å². The summed E-state index contributed by atoms with van der Waals surface area (Å²) in [6.07, 6.45) is 3.01. The van der Waals surface area contributed by atoms with Gasteiger partial charge in [-0.2, -0.15) is 0 Å². The number of amides is 1. The molecule has 2 aromatic heterocycles. The number of fused-ring (bicyclic) bond motifs is 1. The van der Waals surface area contributed by atoms with Crippen molar-refractivity contribution >= 4 is 22.6 Å². The number of nitrogens with zero attached hydrogens (tertiary/aromatic N) is 2. The molecule has 0 spiro atoms. The van der Waals surface area contributed by atoms with E-state index in [1.54, 1.807) is 12.1 Å². The molecule has 24 heavy (non-hydrogen) atoms. The van der Waals surface area contributed by atoms with Gasteiger partial charge >= 0.3 is 5.63 Å². The molecule has 0 aliphatic heterocycles. The third-order valence-electron chi connectivity index (χ3n) is 3.66. The molecule has 0 radical (unpaired) electrons. The molecule has 1 aromatic carbocycles. The molecule has 1 amide bonds. The quantitative estimate of drug-likeness (QED) is 0.748. The van der Waals surface area contributed by atoms with E-state index in [9.17, 15) is 9.59 Å². The van der Waals surface area contributed by atoms with Gasteiger partial charge in [-0.05, 0) is 24.6 Å². The van der Waals surface area contributed by atoms with Crippen molar-refractivity contribution in [1.29, 1.82) is 0 Å². The molecule has 0 aliphatic carbocycles. The van der Waals surface area contributed by atoms with Crippen molar-refractivity contribution < 1.29 is 9.21 Å². The second-order valence-electron chi connectivity index (χ2n) is 5.90. The molecule has 6 nitrogen and oxygen atoms in total. The van der Waals surface area contributed by atoms with Crippen LogP contribution in [0.5, 0.6) is 0 Å². The zero-order valence-electron chi connectivity index (χ0n) is 13.7. The summed E-state index contributed by atoms with van der Waals surface area (Å²) in [4.78, 5) is 32.1. The Bertz CT molecular complexity index is 959. The standard InChI is InChI=1S/C18H17N3O3/c1-10(2)17-19-8-12(9-20-17)18(23)21-13-4-5-14-11(3)6-16(22)24-15(14)7-13/h4-10H,1-3H3,(H,21,23). The van der Waals surface area contributed by atoms with E-state index in [4.69, 9.17) is 4.42 Å². The Kier molecular flexibility index (Phi) is 4.12. The summed E-state index contributed by atoms with van der Waals surface area (Å²) in [5.74, 6) is 0.572. The van der Waals surface area contributed by atoms with Crippen molar-refractivity contribution in [3.05, 3.63) is 64.0 Å². The Morgan fingerprint density at radius 2 is 1.88 bits per heavy atom. The van der Waals surface area contributed by atoms with Gasteiger partial charge in [0.05, 0.1) is 5.56 Å². The molecule has 2 heterocycles. The molecule has 6 heteroatoms. The average molecular weight is 323 g/mol. The van der Waals surface area contributed by atoms with Crippen LogP contribution in [0.4, 0.5) is 5.69 Å². The number of hydrogen-bond acceptors (Lipinski definition) is 5. The zero-order valence-corrected chi connectivity index (χ0v) is 13.7. The highest BCUT2D eigenvalue weighted by Gasteiger charge is 2.10. The van der Waals surface area contributed by atoms with Gasteiger partial charge in [-0.25, -0.2) is 14.8 Å². The Labute approximate surface area is 138 Å². The number of anilines is 1. The lowest BCUT2D eigenvalue weighted by Gasteiger charge is -2.08. The van der Waals surface area contributed by atoms with E-state index in [-0.39, 0.29) is 11.8 Å². The fraction of sp³-hybridized carbons (Fsp3) is 0.222. The summed E-state index contributed by atoms with van der Waals surface area (Å²) in [6, 6.07) is 6.64. The van der Waals surface area contributed by atoms with Crippen LogP contribution in [-0.2, 0) is 0 Å². The maximum Gasteiger partial charge on any atom is 0.336 e. The fourth-order valence-electron chi connectivity index (χ4n) is 2.36. The highest BCUT2D eigenvalue weighted by molar-refractivity contribution is 6.04. The average Bonchev–Trinajstić information content (AvgIpc) is 2.54. The smallest absolute Gasteiger partial charge is 0.336 e. The van der Waals surface area contributed by atoms with Gasteiger partial charge in [0.25, 0.3) is 5.91 Å². The predicted octanol–water partition coefficient (Wildman–Crippen LogP) is 3.27. The number of nitrogens with one attached hydrogen (secondary N) is 1. The second kappa shape index (κ2) is 6.23. The SMILES string of the molecule is Cc1cc(=O)oc2cc(NC(=O)c3cnc(C(C)C)nc3)ccc12. The van der Waals surface area contributed by atoms with E-state index in [1.807, 2.05) is 26.8 Å². The van der Waals surface area contributed by atoms with Crippen LogP contribution < -0.4 is 10.9 Å². The first kappa shape index (κ1) is 15.9. The number of benzene rings is 1. The van der Waals surface area contributed by atoms with Crippen molar-refractivity contribution in [2.24, 2.45) is 0 Å². The Hall–Kier alpha value is -3.02. The van der Waals surface area contributed by atoms with Crippen LogP contribution in [0.2, 0.25) is 0 Å². The molecular weight excluding hydrogens is 306 g/mol. The van der Waals surface area contributed by atoms with Crippen LogP contribution in [0, 0.1) is 6.92 Å². The summed E-state index contributed by atoms with van der Waals surface area (Å²) in [7, 11) is 0. The summed E-state index contributed by atoms with van der Waals surface area (Å²) >= 11 is 0. The lowest BCUT2D eigenvalue weighted by molar-refractivity contribution is 0.102. The molecule has 122 valence electrons. The maximum atomic E-state index is 12.3. The van der Waals surface area contributed by atoms with E-state index in [2.05, 4.69) is 15.3 Å². The Morgan fingerprint density at radius 1 is 1.17 bits per heavy atom. The van der Waals surface area contributed by atoms with Crippen molar-refractivity contribution in [2.75, 3.05) is 5.32 Å². The molecule has 3 rings (SSSR count). The number of hydrogen-bond donors (Lipinski definition) is 1. The molecule has 1 N–H and O–H groups in total. The second-order valence-corrected chi connectivity index (χ2v) is 5.90. The first-order chi connectivity index (χ1) is 11.4. The van der Waals surface area contributed by atoms with Gasteiger partial charge in [-0.3, -0.25) is 4.79 Å². The molecule has 0 saturated carbocycles. The topological polar surface area (TPSA) is 85.1 Å². The van der Waals surface area contributed by atoms with Crippen molar-refractivity contribution in [3.8, 4) is 0 Å². The lowest BCUT2D eigenvalue weighted by Crippen LogP contribution is -2.13. The minimum absolute atomic E-state index is 0.203. The number of aryl methyl sites for hydroxylation is 1. The minimum atomic E-state index is -0.416. The molecule has 0 unspecified atom stereocenters. The summed E-state index contributed by atoms with van der Waals surface area (Å²) in [5.41, 5.74) is 1.75. The van der Waals surface area contributed by atoms with E-state index in [0.29, 0.717) is 22.7 Å². The molecule has 0 saturated heterocycles. The van der Waals surface area contributed by atoms with Crippen LogP contribution >= 0.6 is 0 Å². The number of aromatic nitrogens is 2. The molecule has 0 atom stereocenters. The molecule has 0 bridgehead atoms. The van der Waals surface area contributed by atoms with Crippen LogP contribution in [0.1, 0.15) is 41.5 Å². The van der Waals surface area contributed by atoms with E-state index >= 15 is 0 Å². The van der Waals surface area contributed by atoms with Gasteiger partial charge < -0.3 is 9.73 Å². The van der Waals surface area contributed by atoms with Gasteiger partial charge in [0.15, 0.2) is 0 Å². The van der Waals surface area contributed by atoms with Crippen LogP contribution in [0.15, 0.2) is 45.9 Å². The molecular formula is C18H17N3O3. The van der Waals surface area contributed by atoms with Crippen molar-refractivity contribution in [2.45, 2.75) is 26.7 Å².